The van der Waals surface area contributed by atoms with E-state index in [-0.39, 0.29) is 0 Å². The van der Waals surface area contributed by atoms with Crippen LogP contribution in [-0.2, 0) is 4.74 Å². The van der Waals surface area contributed by atoms with Crippen molar-refractivity contribution in [1.82, 2.24) is 5.01 Å². The van der Waals surface area contributed by atoms with Crippen LogP contribution in [0.15, 0.2) is 0 Å². The van der Waals surface area contributed by atoms with Crippen molar-refractivity contribution >= 4 is 0 Å². The van der Waals surface area contributed by atoms with Crippen LogP contribution in [0.2, 0.25) is 0 Å². The molecule has 0 aromatic heterocycles. The van der Waals surface area contributed by atoms with E-state index in [4.69, 9.17) is 10.6 Å². The molecular weight excluding hydrogens is 128 g/mol. The second kappa shape index (κ2) is 3.91. The molecule has 3 nitrogen and oxygen atoms in total. The fourth-order valence-corrected chi connectivity index (χ4v) is 1.36. The highest BCUT2D eigenvalue weighted by atomic mass is 16.5. The van der Waals surface area contributed by atoms with Crippen molar-refractivity contribution in [3.05, 3.63) is 0 Å². The predicted octanol–water partition coefficient (Wildman–Crippen LogP) is 0.218. The maximum Gasteiger partial charge on any atom is 0.0507 e. The molecule has 1 atom stereocenters. The highest BCUT2D eigenvalue weighted by Crippen LogP contribution is 2.12. The lowest BCUT2D eigenvalue weighted by Crippen LogP contribution is -2.35. The van der Waals surface area contributed by atoms with E-state index in [1.54, 1.807) is 5.01 Å². The first kappa shape index (κ1) is 7.98. The van der Waals surface area contributed by atoms with Gasteiger partial charge in [0.2, 0.25) is 0 Å². The minimum atomic E-state index is 0.656. The molecule has 0 bridgehead atoms. The second-order valence-corrected chi connectivity index (χ2v) is 3.02. The summed E-state index contributed by atoms with van der Waals surface area (Å²) in [6.07, 6.45) is 2.46. The summed E-state index contributed by atoms with van der Waals surface area (Å²) in [6, 6.07) is 0. The maximum absolute atomic E-state index is 5.50. The predicted molar refractivity (Wildman–Crippen MR) is 40.4 cm³/mol. The van der Waals surface area contributed by atoms with Crippen molar-refractivity contribution in [3.8, 4) is 0 Å². The van der Waals surface area contributed by atoms with Crippen LogP contribution in [0.4, 0.5) is 0 Å². The van der Waals surface area contributed by atoms with E-state index in [1.807, 2.05) is 7.05 Å². The Morgan fingerprint density at radius 1 is 1.70 bits per heavy atom. The van der Waals surface area contributed by atoms with Gasteiger partial charge in [-0.15, -0.1) is 0 Å². The summed E-state index contributed by atoms with van der Waals surface area (Å²) in [5.74, 6) is 6.16. The Morgan fingerprint density at radius 2 is 2.50 bits per heavy atom. The van der Waals surface area contributed by atoms with Crippen LogP contribution in [0.5, 0.6) is 0 Å². The van der Waals surface area contributed by atoms with Crippen LogP contribution in [0.3, 0.4) is 0 Å². The van der Waals surface area contributed by atoms with Gasteiger partial charge in [-0.3, -0.25) is 5.84 Å². The van der Waals surface area contributed by atoms with Gasteiger partial charge in [-0.25, -0.2) is 5.01 Å². The normalized spacial score (nSPS) is 27.3. The number of nitrogens with zero attached hydrogens (tertiary/aromatic N) is 1. The summed E-state index contributed by atoms with van der Waals surface area (Å²) in [5, 5.41) is 1.74. The first-order valence-electron chi connectivity index (χ1n) is 3.82. The quantitative estimate of drug-likeness (QED) is 0.445. The third kappa shape index (κ3) is 2.64. The molecule has 0 saturated carbocycles. The van der Waals surface area contributed by atoms with E-state index < -0.39 is 0 Å². The van der Waals surface area contributed by atoms with Crippen molar-refractivity contribution in [2.75, 3.05) is 26.8 Å². The first-order valence-corrected chi connectivity index (χ1v) is 3.82. The number of ether oxygens (including phenoxy) is 1. The molecule has 1 saturated heterocycles. The van der Waals surface area contributed by atoms with Gasteiger partial charge in [0.25, 0.3) is 0 Å². The molecule has 0 aromatic carbocycles. The number of nitrogens with two attached hydrogens (primary N) is 1. The number of hydrazine groups is 1. The van der Waals surface area contributed by atoms with Gasteiger partial charge in [0.05, 0.1) is 6.61 Å². The Hall–Kier alpha value is -0.120. The minimum absolute atomic E-state index is 0.656. The molecule has 1 rings (SSSR count). The standard InChI is InChI=1S/C7H16N2O/c1-9(8)5-7-3-2-4-10-6-7/h7H,2-6,8H2,1H3. The largest absolute Gasteiger partial charge is 0.381 e. The molecule has 1 heterocycles. The molecule has 0 spiro atoms. The van der Waals surface area contributed by atoms with Crippen LogP contribution in [0.1, 0.15) is 12.8 Å². The van der Waals surface area contributed by atoms with Crippen molar-refractivity contribution in [2.45, 2.75) is 12.8 Å². The summed E-state index contributed by atoms with van der Waals surface area (Å²) in [4.78, 5) is 0. The van der Waals surface area contributed by atoms with E-state index in [2.05, 4.69) is 0 Å². The van der Waals surface area contributed by atoms with Crippen molar-refractivity contribution < 1.29 is 4.74 Å². The molecule has 3 heteroatoms. The molecule has 0 aliphatic carbocycles. The SMILES string of the molecule is CN(N)CC1CCCOC1. The van der Waals surface area contributed by atoms with E-state index in [9.17, 15) is 0 Å². The molecule has 1 unspecified atom stereocenters. The van der Waals surface area contributed by atoms with Gasteiger partial charge in [0.1, 0.15) is 0 Å². The summed E-state index contributed by atoms with van der Waals surface area (Å²) in [6.45, 7) is 2.78. The van der Waals surface area contributed by atoms with Crippen molar-refractivity contribution in [1.29, 1.82) is 0 Å². The van der Waals surface area contributed by atoms with E-state index in [1.165, 1.54) is 12.8 Å². The lowest BCUT2D eigenvalue weighted by molar-refractivity contribution is 0.0420. The molecule has 1 aliphatic heterocycles. The Bertz CT molecular complexity index is 89.6. The van der Waals surface area contributed by atoms with Gasteiger partial charge in [0.15, 0.2) is 0 Å². The van der Waals surface area contributed by atoms with Crippen molar-refractivity contribution in [3.63, 3.8) is 0 Å². The Balaban J connectivity index is 2.13. The summed E-state index contributed by atoms with van der Waals surface area (Å²) >= 11 is 0. The van der Waals surface area contributed by atoms with Crippen LogP contribution in [0, 0.1) is 5.92 Å². The summed E-state index contributed by atoms with van der Waals surface area (Å²) in [5.41, 5.74) is 0. The smallest absolute Gasteiger partial charge is 0.0507 e. The van der Waals surface area contributed by atoms with Gasteiger partial charge in [-0.1, -0.05) is 0 Å². The zero-order chi connectivity index (χ0) is 7.40. The van der Waals surface area contributed by atoms with Crippen molar-refractivity contribution in [2.24, 2.45) is 11.8 Å². The Morgan fingerprint density at radius 3 is 3.00 bits per heavy atom. The average Bonchev–Trinajstić information content (AvgIpc) is 1.88. The molecule has 1 fully saturated rings. The lowest BCUT2D eigenvalue weighted by atomic mass is 10.0. The third-order valence-electron chi connectivity index (χ3n) is 1.80. The van der Waals surface area contributed by atoms with E-state index in [0.29, 0.717) is 5.92 Å². The topological polar surface area (TPSA) is 38.5 Å². The molecule has 60 valence electrons. The zero-order valence-electron chi connectivity index (χ0n) is 6.55. The molecule has 1 aliphatic rings. The Labute approximate surface area is 62.1 Å². The van der Waals surface area contributed by atoms with E-state index in [0.717, 1.165) is 19.8 Å². The van der Waals surface area contributed by atoms with Gasteiger partial charge in [-0.2, -0.15) is 0 Å². The number of rotatable bonds is 2. The van der Waals surface area contributed by atoms with Crippen LogP contribution in [0.25, 0.3) is 0 Å². The highest BCUT2D eigenvalue weighted by molar-refractivity contribution is 4.64. The summed E-state index contributed by atoms with van der Waals surface area (Å²) < 4.78 is 5.30. The third-order valence-corrected chi connectivity index (χ3v) is 1.80. The fourth-order valence-electron chi connectivity index (χ4n) is 1.36. The van der Waals surface area contributed by atoms with E-state index >= 15 is 0 Å². The molecule has 10 heavy (non-hydrogen) atoms. The molecule has 0 radical (unpaired) electrons. The molecule has 0 aromatic rings. The Kier molecular flexibility index (Phi) is 3.12. The second-order valence-electron chi connectivity index (χ2n) is 3.02. The van der Waals surface area contributed by atoms with Gasteiger partial charge < -0.3 is 4.74 Å². The highest BCUT2D eigenvalue weighted by Gasteiger charge is 2.13. The first-order chi connectivity index (χ1) is 4.79. The molecule has 2 N–H and O–H groups in total. The molecular formula is C7H16N2O. The van der Waals surface area contributed by atoms with Crippen LogP contribution in [-0.4, -0.2) is 31.8 Å². The summed E-state index contributed by atoms with van der Waals surface area (Å²) in [7, 11) is 1.90. The fraction of sp³-hybridized carbons (Fsp3) is 1.00. The lowest BCUT2D eigenvalue weighted by Gasteiger charge is -2.24. The molecule has 0 amide bonds. The maximum atomic E-state index is 5.50. The zero-order valence-corrected chi connectivity index (χ0v) is 6.55. The van der Waals surface area contributed by atoms with Crippen LogP contribution < -0.4 is 5.84 Å². The van der Waals surface area contributed by atoms with Gasteiger partial charge >= 0.3 is 0 Å². The monoisotopic (exact) mass is 144 g/mol. The average molecular weight is 144 g/mol. The van der Waals surface area contributed by atoms with Gasteiger partial charge in [0, 0.05) is 20.2 Å². The van der Waals surface area contributed by atoms with Gasteiger partial charge in [-0.05, 0) is 18.8 Å². The minimum Gasteiger partial charge on any atom is -0.381 e. The number of hydrogen-bond donors (Lipinski definition) is 1. The van der Waals surface area contributed by atoms with Crippen LogP contribution >= 0.6 is 0 Å². The number of hydrogen-bond acceptors (Lipinski definition) is 3.